The molecule has 0 spiro atoms. The first-order chi connectivity index (χ1) is 5.46. The van der Waals surface area contributed by atoms with Crippen molar-refractivity contribution in [3.63, 3.8) is 0 Å². The molecule has 1 rings (SSSR count). The van der Waals surface area contributed by atoms with Crippen molar-refractivity contribution in [2.45, 2.75) is 32.3 Å². The van der Waals surface area contributed by atoms with Crippen molar-refractivity contribution in [1.29, 1.82) is 0 Å². The van der Waals surface area contributed by atoms with Crippen molar-refractivity contribution < 1.29 is 21.1 Å². The van der Waals surface area contributed by atoms with Crippen LogP contribution in [0.3, 0.4) is 0 Å². The zero-order valence-corrected chi connectivity index (χ0v) is 14.1. The second-order valence-corrected chi connectivity index (χ2v) is 5.69. The van der Waals surface area contributed by atoms with Crippen LogP contribution in [0.5, 0.6) is 0 Å². The van der Waals surface area contributed by atoms with Gasteiger partial charge in [-0.3, -0.25) is 0 Å². The van der Waals surface area contributed by atoms with Crippen LogP contribution in [0.15, 0.2) is 0 Å². The largest absolute Gasteiger partial charge is 0.147 e. The number of alkyl halides is 6. The van der Waals surface area contributed by atoms with Crippen LogP contribution in [0.4, 0.5) is 0 Å². The minimum atomic E-state index is -0.437. The van der Waals surface area contributed by atoms with Crippen molar-refractivity contribution in [2.75, 3.05) is 0 Å². The molecule has 0 heterocycles. The molecule has 0 nitrogen and oxygen atoms in total. The molecule has 1 saturated carbocycles. The quantitative estimate of drug-likeness (QED) is 0.421. The average molecular weight is 522 g/mol. The molecule has 0 radical (unpaired) electrons. The molecule has 0 unspecified atom stereocenters. The SMILES string of the molecule is Cl.ClC1C(Cl)C(Cl)C(Cl)C(Cl)C1Cl.[Pt]. The van der Waals surface area contributed by atoms with Crippen LogP contribution in [0.2, 0.25) is 0 Å². The van der Waals surface area contributed by atoms with Gasteiger partial charge in [0.25, 0.3) is 0 Å². The van der Waals surface area contributed by atoms with Crippen LogP contribution in [-0.2, 0) is 21.1 Å². The molecule has 1 aliphatic carbocycles. The zero-order chi connectivity index (χ0) is 9.46. The predicted molar refractivity (Wildman–Crippen MR) is 65.1 cm³/mol. The van der Waals surface area contributed by atoms with Crippen molar-refractivity contribution in [2.24, 2.45) is 0 Å². The molecule has 0 aromatic rings. The standard InChI is InChI=1S/C6H6Cl6.ClH.Pt/c7-1-2(8)4(10)6(12)5(11)3(1)9;;/h1-6H;1H;. The number of hydrogen-bond acceptors (Lipinski definition) is 0. The van der Waals surface area contributed by atoms with Gasteiger partial charge in [0.15, 0.2) is 0 Å². The molecule has 0 aromatic carbocycles. The maximum absolute atomic E-state index is 5.88. The topological polar surface area (TPSA) is 0 Å². The Bertz CT molecular complexity index is 110. The summed E-state index contributed by atoms with van der Waals surface area (Å²) < 4.78 is 0. The molecule has 8 heteroatoms. The fourth-order valence-electron chi connectivity index (χ4n) is 1.05. The Labute approximate surface area is 134 Å². The Balaban J connectivity index is 0. The van der Waals surface area contributed by atoms with Crippen molar-refractivity contribution in [3.8, 4) is 0 Å². The normalized spacial score (nSPS) is 47.6. The summed E-state index contributed by atoms with van der Waals surface area (Å²) >= 11 is 35.3. The van der Waals surface area contributed by atoms with Gasteiger partial charge in [0.2, 0.25) is 0 Å². The first-order valence-electron chi connectivity index (χ1n) is 3.31. The smallest absolute Gasteiger partial charge is 0.0693 e. The Hall–Kier alpha value is 2.72. The van der Waals surface area contributed by atoms with Gasteiger partial charge in [-0.15, -0.1) is 82.0 Å². The van der Waals surface area contributed by atoms with E-state index in [9.17, 15) is 0 Å². The minimum Gasteiger partial charge on any atom is -0.147 e. The second-order valence-electron chi connectivity index (χ2n) is 2.67. The van der Waals surface area contributed by atoms with Gasteiger partial charge >= 0.3 is 0 Å². The van der Waals surface area contributed by atoms with Gasteiger partial charge in [-0.2, -0.15) is 0 Å². The van der Waals surface area contributed by atoms with E-state index in [-0.39, 0.29) is 33.5 Å². The van der Waals surface area contributed by atoms with Gasteiger partial charge in [0.1, 0.15) is 0 Å². The molecule has 1 fully saturated rings. The third-order valence-electron chi connectivity index (χ3n) is 1.83. The summed E-state index contributed by atoms with van der Waals surface area (Å²) in [6.45, 7) is 0. The van der Waals surface area contributed by atoms with Crippen LogP contribution in [-0.4, -0.2) is 32.3 Å². The molecule has 0 bridgehead atoms. The first kappa shape index (κ1) is 19.1. The van der Waals surface area contributed by atoms with Crippen LogP contribution >= 0.6 is 82.0 Å². The molecular weight excluding hydrogens is 515 g/mol. The Morgan fingerprint density at radius 2 is 0.500 bits per heavy atom. The van der Waals surface area contributed by atoms with Gasteiger partial charge in [0, 0.05) is 21.1 Å². The number of halogens is 7. The van der Waals surface area contributed by atoms with Crippen LogP contribution in [0.25, 0.3) is 0 Å². The molecule has 0 amide bonds. The summed E-state index contributed by atoms with van der Waals surface area (Å²) in [6.07, 6.45) is 0. The summed E-state index contributed by atoms with van der Waals surface area (Å²) in [4.78, 5) is 0. The van der Waals surface area contributed by atoms with Crippen molar-refractivity contribution in [1.82, 2.24) is 0 Å². The minimum absolute atomic E-state index is 0. The molecule has 0 saturated heterocycles. The summed E-state index contributed by atoms with van der Waals surface area (Å²) in [7, 11) is 0. The fraction of sp³-hybridized carbons (Fsp3) is 1.00. The molecular formula is C6H7Cl7Pt. The fourth-order valence-corrected chi connectivity index (χ4v) is 3.38. The first-order valence-corrected chi connectivity index (χ1v) is 5.93. The van der Waals surface area contributed by atoms with E-state index in [1.807, 2.05) is 0 Å². The molecule has 0 N–H and O–H groups in total. The van der Waals surface area contributed by atoms with Crippen LogP contribution < -0.4 is 0 Å². The van der Waals surface area contributed by atoms with E-state index < -0.39 is 32.3 Å². The van der Waals surface area contributed by atoms with E-state index in [4.69, 9.17) is 69.6 Å². The predicted octanol–water partition coefficient (Wildman–Crippen LogP) is 4.06. The van der Waals surface area contributed by atoms with Gasteiger partial charge in [-0.25, -0.2) is 0 Å². The number of rotatable bonds is 0. The van der Waals surface area contributed by atoms with Gasteiger partial charge in [0.05, 0.1) is 32.3 Å². The monoisotopic (exact) mass is 519 g/mol. The molecule has 14 heavy (non-hydrogen) atoms. The molecule has 0 aromatic heterocycles. The Morgan fingerprint density at radius 1 is 0.429 bits per heavy atom. The van der Waals surface area contributed by atoms with Crippen molar-refractivity contribution >= 4 is 82.0 Å². The zero-order valence-electron chi connectivity index (χ0n) is 6.46. The van der Waals surface area contributed by atoms with Gasteiger partial charge < -0.3 is 0 Å². The molecule has 0 atom stereocenters. The van der Waals surface area contributed by atoms with E-state index in [2.05, 4.69) is 0 Å². The summed E-state index contributed by atoms with van der Waals surface area (Å²) in [5, 5.41) is -2.62. The van der Waals surface area contributed by atoms with Gasteiger partial charge in [-0.1, -0.05) is 0 Å². The van der Waals surface area contributed by atoms with Crippen LogP contribution in [0.1, 0.15) is 0 Å². The second kappa shape index (κ2) is 7.93. The van der Waals surface area contributed by atoms with Crippen LogP contribution in [0, 0.1) is 0 Å². The average Bonchev–Trinajstić information content (AvgIpc) is 2.08. The van der Waals surface area contributed by atoms with E-state index in [1.54, 1.807) is 0 Å². The van der Waals surface area contributed by atoms with E-state index >= 15 is 0 Å². The third kappa shape index (κ3) is 3.88. The maximum Gasteiger partial charge on any atom is 0.0693 e. The summed E-state index contributed by atoms with van der Waals surface area (Å²) in [5.74, 6) is 0. The number of hydrogen-bond donors (Lipinski definition) is 0. The van der Waals surface area contributed by atoms with Gasteiger partial charge in [-0.05, 0) is 0 Å². The van der Waals surface area contributed by atoms with E-state index in [0.717, 1.165) is 0 Å². The molecule has 90 valence electrons. The molecule has 1 aliphatic rings. The van der Waals surface area contributed by atoms with E-state index in [1.165, 1.54) is 0 Å². The van der Waals surface area contributed by atoms with E-state index in [0.29, 0.717) is 0 Å². The third-order valence-corrected chi connectivity index (χ3v) is 5.86. The maximum atomic E-state index is 5.88. The Morgan fingerprint density at radius 3 is 0.571 bits per heavy atom. The Kier molecular flexibility index (Phi) is 10.8. The van der Waals surface area contributed by atoms with Crippen molar-refractivity contribution in [3.05, 3.63) is 0 Å². The molecule has 0 aliphatic heterocycles. The summed E-state index contributed by atoms with van der Waals surface area (Å²) in [6, 6.07) is 0. The summed E-state index contributed by atoms with van der Waals surface area (Å²) in [5.41, 5.74) is 0.